The van der Waals surface area contributed by atoms with Crippen LogP contribution >= 0.6 is 0 Å². The molecule has 7 N–H and O–H groups in total. The van der Waals surface area contributed by atoms with Gasteiger partial charge in [0.1, 0.15) is 6.04 Å². The molecule has 0 bridgehead atoms. The number of quaternary nitrogens is 2. The number of amides is 1. The van der Waals surface area contributed by atoms with Crippen molar-refractivity contribution in [2.45, 2.75) is 56.7 Å². The third-order valence-electron chi connectivity index (χ3n) is 6.41. The summed E-state index contributed by atoms with van der Waals surface area (Å²) < 4.78 is 0. The van der Waals surface area contributed by atoms with Crippen LogP contribution in [0.4, 0.5) is 0 Å². The summed E-state index contributed by atoms with van der Waals surface area (Å²) in [5.74, 6) is -3.18. The molecule has 9 heteroatoms. The van der Waals surface area contributed by atoms with Crippen LogP contribution in [0.15, 0.2) is 60.8 Å². The molecule has 0 aliphatic heterocycles. The summed E-state index contributed by atoms with van der Waals surface area (Å²) in [6, 6.07) is 14.0. The normalized spacial score (nSPS) is 13.7. The van der Waals surface area contributed by atoms with E-state index in [9.17, 15) is 24.6 Å². The van der Waals surface area contributed by atoms with E-state index in [2.05, 4.69) is 16.0 Å². The van der Waals surface area contributed by atoms with Gasteiger partial charge in [0, 0.05) is 36.4 Å². The van der Waals surface area contributed by atoms with Gasteiger partial charge in [0.15, 0.2) is 6.04 Å². The minimum Gasteiger partial charge on any atom is -0.548 e. The van der Waals surface area contributed by atoms with Crippen LogP contribution in [0.1, 0.15) is 36.8 Å². The zero-order chi connectivity index (χ0) is 25.9. The molecule has 1 heterocycles. The van der Waals surface area contributed by atoms with E-state index in [0.717, 1.165) is 28.5 Å². The average molecular weight is 495 g/mol. The third-order valence-corrected chi connectivity index (χ3v) is 6.41. The molecule has 192 valence electrons. The molecule has 0 fully saturated rings. The van der Waals surface area contributed by atoms with Crippen molar-refractivity contribution in [3.8, 4) is 0 Å². The second-order valence-electron chi connectivity index (χ2n) is 9.04. The van der Waals surface area contributed by atoms with Crippen molar-refractivity contribution < 1.29 is 35.6 Å². The van der Waals surface area contributed by atoms with E-state index in [-0.39, 0.29) is 12.8 Å². The summed E-state index contributed by atoms with van der Waals surface area (Å²) in [7, 11) is 0. The third kappa shape index (κ3) is 7.66. The maximum Gasteiger partial charge on any atom is 0.278 e. The highest BCUT2D eigenvalue weighted by Crippen LogP contribution is 2.19. The quantitative estimate of drug-likeness (QED) is 0.180. The number of fused-ring (bicyclic) bond motifs is 1. The van der Waals surface area contributed by atoms with Crippen LogP contribution in [0.5, 0.6) is 0 Å². The van der Waals surface area contributed by atoms with E-state index in [0.29, 0.717) is 25.8 Å². The van der Waals surface area contributed by atoms with Gasteiger partial charge in [-0.25, -0.2) is 0 Å². The van der Waals surface area contributed by atoms with Crippen LogP contribution in [0.3, 0.4) is 0 Å². The molecule has 36 heavy (non-hydrogen) atoms. The van der Waals surface area contributed by atoms with Crippen molar-refractivity contribution in [1.29, 1.82) is 0 Å². The Morgan fingerprint density at radius 1 is 0.917 bits per heavy atom. The van der Waals surface area contributed by atoms with Gasteiger partial charge in [-0.1, -0.05) is 48.5 Å². The van der Waals surface area contributed by atoms with E-state index >= 15 is 0 Å². The van der Waals surface area contributed by atoms with Crippen LogP contribution in [-0.2, 0) is 27.2 Å². The lowest BCUT2D eigenvalue weighted by Crippen LogP contribution is -2.99. The first-order valence-electron chi connectivity index (χ1n) is 12.3. The van der Waals surface area contributed by atoms with E-state index < -0.39 is 36.0 Å². The molecule has 1 aromatic heterocycles. The number of para-hydroxylation sites is 1. The Bertz CT molecular complexity index is 1150. The molecule has 0 unspecified atom stereocenters. The fourth-order valence-corrected chi connectivity index (χ4v) is 4.39. The SMILES string of the molecule is [NH3+]CCCC[C@H]([NH2+][C@@H](CCc1ccccc1)C(=O)[O-])C(=O)N[C@H](Cc1c[nH]c2ccccc12)C(=O)[O-]. The second kappa shape index (κ2) is 13.4. The molecule has 3 aromatic rings. The van der Waals surface area contributed by atoms with Gasteiger partial charge >= 0.3 is 0 Å². The van der Waals surface area contributed by atoms with Crippen LogP contribution in [0.25, 0.3) is 10.9 Å². The Balaban J connectivity index is 1.71. The van der Waals surface area contributed by atoms with Crippen LogP contribution in [0.2, 0.25) is 0 Å². The minimum atomic E-state index is -1.40. The standard InChI is InChI=1S/C27H34N4O5/c28-15-7-6-12-22(30-23(26(33)34)14-13-18-8-2-1-3-9-18)25(32)31-24(27(35)36)16-19-17-29-21-11-5-4-10-20(19)21/h1-5,8-11,17,22-24,29-30H,6-7,12-16,28H2,(H,31,32)(H,33,34)(H,35,36)/t22-,23-,24+/m0/s1. The van der Waals surface area contributed by atoms with E-state index in [1.165, 1.54) is 5.32 Å². The number of hydrogen-bond acceptors (Lipinski definition) is 5. The molecule has 0 aliphatic rings. The molecular weight excluding hydrogens is 460 g/mol. The number of nitrogens with one attached hydrogen (secondary N) is 2. The lowest BCUT2D eigenvalue weighted by atomic mass is 10.0. The molecular formula is C27H34N4O5. The first-order valence-corrected chi connectivity index (χ1v) is 12.3. The zero-order valence-electron chi connectivity index (χ0n) is 20.3. The van der Waals surface area contributed by atoms with Gasteiger partial charge in [-0.05, 0) is 36.5 Å². The molecule has 3 atom stereocenters. The molecule has 2 aromatic carbocycles. The summed E-state index contributed by atoms with van der Waals surface area (Å²) in [6.45, 7) is 0.689. The predicted molar refractivity (Wildman–Crippen MR) is 130 cm³/mol. The van der Waals surface area contributed by atoms with Crippen LogP contribution < -0.4 is 26.6 Å². The number of H-pyrrole nitrogens is 1. The summed E-state index contributed by atoms with van der Waals surface area (Å²) in [5.41, 5.74) is 6.42. The number of aromatic amines is 1. The second-order valence-corrected chi connectivity index (χ2v) is 9.04. The summed E-state index contributed by atoms with van der Waals surface area (Å²) >= 11 is 0. The number of unbranched alkanes of at least 4 members (excludes halogenated alkanes) is 1. The summed E-state index contributed by atoms with van der Waals surface area (Å²) in [5, 5.41) is 28.7. The molecule has 0 radical (unpaired) electrons. The maximum atomic E-state index is 13.2. The molecule has 1 amide bonds. The van der Waals surface area contributed by atoms with Crippen LogP contribution in [0, 0.1) is 0 Å². The summed E-state index contributed by atoms with van der Waals surface area (Å²) in [4.78, 5) is 40.1. The highest BCUT2D eigenvalue weighted by Gasteiger charge is 2.29. The van der Waals surface area contributed by atoms with Crippen molar-refractivity contribution in [2.75, 3.05) is 6.54 Å². The van der Waals surface area contributed by atoms with E-state index in [1.54, 1.807) is 6.20 Å². The van der Waals surface area contributed by atoms with Crippen molar-refractivity contribution in [1.82, 2.24) is 10.3 Å². The monoisotopic (exact) mass is 494 g/mol. The first kappa shape index (κ1) is 26.9. The summed E-state index contributed by atoms with van der Waals surface area (Å²) in [6.07, 6.45) is 4.40. The highest BCUT2D eigenvalue weighted by molar-refractivity contribution is 5.87. The number of benzene rings is 2. The topological polar surface area (TPSA) is 169 Å². The zero-order valence-corrected chi connectivity index (χ0v) is 20.3. The molecule has 0 saturated heterocycles. The van der Waals surface area contributed by atoms with Gasteiger partial charge < -0.3 is 41.2 Å². The number of carbonyl (C=O) groups excluding carboxylic acids is 3. The Morgan fingerprint density at radius 2 is 1.64 bits per heavy atom. The fraction of sp³-hybridized carbons (Fsp3) is 0.370. The van der Waals surface area contributed by atoms with Crippen molar-refractivity contribution in [3.05, 3.63) is 71.9 Å². The Labute approximate surface area is 210 Å². The molecule has 0 saturated carbocycles. The van der Waals surface area contributed by atoms with Crippen molar-refractivity contribution in [2.24, 2.45) is 0 Å². The minimum absolute atomic E-state index is 0.0433. The number of hydrogen-bond donors (Lipinski definition) is 4. The number of carboxylic acids is 2. The van der Waals surface area contributed by atoms with E-state index in [4.69, 9.17) is 0 Å². The lowest BCUT2D eigenvalue weighted by Gasteiger charge is -2.26. The predicted octanol–water partition coefficient (Wildman–Crippen LogP) is -1.96. The number of aromatic nitrogens is 1. The molecule has 0 spiro atoms. The number of aliphatic carboxylic acids is 2. The van der Waals surface area contributed by atoms with Gasteiger partial charge in [0.25, 0.3) is 5.91 Å². The number of carboxylic acid groups (broad SMARTS) is 2. The largest absolute Gasteiger partial charge is 0.548 e. The smallest absolute Gasteiger partial charge is 0.278 e. The molecule has 3 rings (SSSR count). The van der Waals surface area contributed by atoms with Gasteiger partial charge in [0.2, 0.25) is 0 Å². The number of aryl methyl sites for hydroxylation is 1. The van der Waals surface area contributed by atoms with Gasteiger partial charge in [-0.3, -0.25) is 4.79 Å². The molecule has 9 nitrogen and oxygen atoms in total. The highest BCUT2D eigenvalue weighted by atomic mass is 16.4. The number of carbonyl (C=O) groups is 3. The maximum absolute atomic E-state index is 13.2. The van der Waals surface area contributed by atoms with Crippen molar-refractivity contribution in [3.63, 3.8) is 0 Å². The molecule has 0 aliphatic carbocycles. The number of rotatable bonds is 15. The van der Waals surface area contributed by atoms with Gasteiger partial charge in [0.05, 0.1) is 24.5 Å². The Morgan fingerprint density at radius 3 is 2.33 bits per heavy atom. The first-order chi connectivity index (χ1) is 17.4. The Kier molecular flexibility index (Phi) is 10.0. The number of nitrogens with two attached hydrogens (primary N) is 1. The lowest BCUT2D eigenvalue weighted by molar-refractivity contribution is -0.704. The average Bonchev–Trinajstić information content (AvgIpc) is 3.28. The fourth-order valence-electron chi connectivity index (χ4n) is 4.39. The van der Waals surface area contributed by atoms with Crippen molar-refractivity contribution >= 4 is 28.7 Å². The van der Waals surface area contributed by atoms with Gasteiger partial charge in [-0.2, -0.15) is 0 Å². The van der Waals surface area contributed by atoms with Crippen LogP contribution in [-0.4, -0.2) is 47.5 Å². The van der Waals surface area contributed by atoms with E-state index in [1.807, 2.05) is 54.6 Å². The van der Waals surface area contributed by atoms with Gasteiger partial charge in [-0.15, -0.1) is 0 Å². The Hall–Kier alpha value is -3.69.